The largest absolute Gasteiger partial charge is 0.351 e. The molecule has 68 valence electrons. The molecule has 4 heteroatoms. The zero-order valence-corrected chi connectivity index (χ0v) is 8.15. The van der Waals surface area contributed by atoms with Crippen molar-refractivity contribution < 1.29 is 0 Å². The molecule has 2 aromatic heterocycles. The van der Waals surface area contributed by atoms with Crippen molar-refractivity contribution in [3.63, 3.8) is 0 Å². The highest BCUT2D eigenvalue weighted by Gasteiger charge is 2.04. The summed E-state index contributed by atoms with van der Waals surface area (Å²) in [6, 6.07) is 1.51. The smallest absolute Gasteiger partial charge is 0.208 e. The fourth-order valence-corrected chi connectivity index (χ4v) is 2.27. The zero-order chi connectivity index (χ0) is 9.26. The highest BCUT2D eigenvalue weighted by atomic mass is 32.1. The van der Waals surface area contributed by atoms with Crippen molar-refractivity contribution in [3.8, 4) is 0 Å². The summed E-state index contributed by atoms with van der Waals surface area (Å²) in [5, 5.41) is 1.04. The van der Waals surface area contributed by atoms with Crippen LogP contribution in [0.5, 0.6) is 0 Å². The molecule has 13 heavy (non-hydrogen) atoms. The van der Waals surface area contributed by atoms with Crippen LogP contribution in [0.4, 0.5) is 0 Å². The number of fused-ring (bicyclic) bond motifs is 1. The molecule has 0 atom stereocenters. The van der Waals surface area contributed by atoms with Crippen LogP contribution < -0.4 is 5.43 Å². The van der Waals surface area contributed by atoms with E-state index in [4.69, 9.17) is 0 Å². The van der Waals surface area contributed by atoms with Crippen LogP contribution in [0.2, 0.25) is 0 Å². The van der Waals surface area contributed by atoms with Gasteiger partial charge in [-0.15, -0.1) is 11.3 Å². The molecule has 0 fully saturated rings. The van der Waals surface area contributed by atoms with Crippen molar-refractivity contribution in [2.24, 2.45) is 0 Å². The Morgan fingerprint density at radius 2 is 2.46 bits per heavy atom. The molecule has 1 N–H and O–H groups in total. The third kappa shape index (κ3) is 1.49. The van der Waals surface area contributed by atoms with Crippen LogP contribution in [0.15, 0.2) is 17.1 Å². The molecule has 0 aliphatic carbocycles. The molecule has 0 amide bonds. The van der Waals surface area contributed by atoms with Crippen molar-refractivity contribution in [3.05, 3.63) is 27.5 Å². The normalized spacial score (nSPS) is 10.8. The molecular formula is C9H10N2OS. The average Bonchev–Trinajstić information content (AvgIpc) is 2.49. The summed E-state index contributed by atoms with van der Waals surface area (Å²) < 4.78 is 0. The second kappa shape index (κ2) is 3.30. The summed E-state index contributed by atoms with van der Waals surface area (Å²) in [4.78, 5) is 19.5. The van der Waals surface area contributed by atoms with Gasteiger partial charge >= 0.3 is 0 Å². The Morgan fingerprint density at radius 1 is 1.62 bits per heavy atom. The first-order chi connectivity index (χ1) is 6.31. The summed E-state index contributed by atoms with van der Waals surface area (Å²) in [7, 11) is 0. The SMILES string of the molecule is CCCc1nc2c(=O)cc[nH]c2s1. The van der Waals surface area contributed by atoms with E-state index in [-0.39, 0.29) is 5.43 Å². The second-order valence-electron chi connectivity index (χ2n) is 2.88. The van der Waals surface area contributed by atoms with Crippen molar-refractivity contribution in [2.75, 3.05) is 0 Å². The second-order valence-corrected chi connectivity index (χ2v) is 3.96. The van der Waals surface area contributed by atoms with E-state index in [0.29, 0.717) is 5.52 Å². The maximum Gasteiger partial charge on any atom is 0.208 e. The first-order valence-corrected chi connectivity index (χ1v) is 5.10. The molecule has 0 saturated carbocycles. The Morgan fingerprint density at radius 3 is 3.15 bits per heavy atom. The van der Waals surface area contributed by atoms with E-state index >= 15 is 0 Å². The van der Waals surface area contributed by atoms with Crippen LogP contribution in [-0.2, 0) is 6.42 Å². The van der Waals surface area contributed by atoms with Crippen LogP contribution in [-0.4, -0.2) is 9.97 Å². The molecule has 0 aliphatic rings. The minimum Gasteiger partial charge on any atom is -0.351 e. The molecule has 3 nitrogen and oxygen atoms in total. The van der Waals surface area contributed by atoms with Gasteiger partial charge in [0.05, 0.1) is 5.01 Å². The molecule has 0 radical (unpaired) electrons. The van der Waals surface area contributed by atoms with Crippen LogP contribution in [0, 0.1) is 0 Å². The van der Waals surface area contributed by atoms with Gasteiger partial charge in [0.2, 0.25) is 5.43 Å². The molecule has 0 unspecified atom stereocenters. The van der Waals surface area contributed by atoms with E-state index < -0.39 is 0 Å². The van der Waals surface area contributed by atoms with Crippen molar-refractivity contribution >= 4 is 21.7 Å². The van der Waals surface area contributed by atoms with Gasteiger partial charge in [0.25, 0.3) is 0 Å². The Labute approximate surface area is 79.4 Å². The number of H-pyrrole nitrogens is 1. The van der Waals surface area contributed by atoms with Crippen LogP contribution >= 0.6 is 11.3 Å². The number of rotatable bonds is 2. The van der Waals surface area contributed by atoms with Gasteiger partial charge in [-0.25, -0.2) is 4.98 Å². The van der Waals surface area contributed by atoms with E-state index in [1.807, 2.05) is 0 Å². The number of pyridine rings is 1. The van der Waals surface area contributed by atoms with Gasteiger partial charge in [-0.05, 0) is 12.8 Å². The Bertz CT molecular complexity index is 472. The van der Waals surface area contributed by atoms with Gasteiger partial charge in [-0.2, -0.15) is 0 Å². The average molecular weight is 194 g/mol. The molecule has 0 saturated heterocycles. The first kappa shape index (κ1) is 8.44. The number of nitrogens with one attached hydrogen (secondary N) is 1. The lowest BCUT2D eigenvalue weighted by molar-refractivity contribution is 0.912. The van der Waals surface area contributed by atoms with Gasteiger partial charge in [-0.3, -0.25) is 4.79 Å². The predicted molar refractivity (Wildman–Crippen MR) is 54.2 cm³/mol. The fraction of sp³-hybridized carbons (Fsp3) is 0.333. The molecule has 0 spiro atoms. The molecule has 2 rings (SSSR count). The maximum atomic E-state index is 11.3. The summed E-state index contributed by atoms with van der Waals surface area (Å²) in [5.41, 5.74) is 0.586. The highest BCUT2D eigenvalue weighted by molar-refractivity contribution is 7.18. The minimum absolute atomic E-state index is 0.00681. The fourth-order valence-electron chi connectivity index (χ4n) is 1.22. The zero-order valence-electron chi connectivity index (χ0n) is 7.33. The molecule has 2 heterocycles. The standard InChI is InChI=1S/C9H10N2OS/c1-2-3-7-11-8-6(12)4-5-10-9(8)13-7/h4-5H,2-3H2,1H3,(H,10,12). The van der Waals surface area contributed by atoms with E-state index in [0.717, 1.165) is 22.7 Å². The van der Waals surface area contributed by atoms with Crippen LogP contribution in [0.3, 0.4) is 0 Å². The third-order valence-corrected chi connectivity index (χ3v) is 2.86. The minimum atomic E-state index is 0.00681. The molecule has 0 aliphatic heterocycles. The number of hydrogen-bond acceptors (Lipinski definition) is 3. The number of aromatic amines is 1. The molecule has 0 bridgehead atoms. The lowest BCUT2D eigenvalue weighted by atomic mass is 10.3. The third-order valence-electron chi connectivity index (χ3n) is 1.82. The number of thiazole rings is 1. The first-order valence-electron chi connectivity index (χ1n) is 4.28. The summed E-state index contributed by atoms with van der Waals surface area (Å²) >= 11 is 1.57. The Balaban J connectivity index is 2.62. The van der Waals surface area contributed by atoms with E-state index in [9.17, 15) is 4.79 Å². The summed E-state index contributed by atoms with van der Waals surface area (Å²) in [5.74, 6) is 0. The van der Waals surface area contributed by atoms with Gasteiger partial charge < -0.3 is 4.98 Å². The van der Waals surface area contributed by atoms with Gasteiger partial charge in [0, 0.05) is 12.3 Å². The van der Waals surface area contributed by atoms with Crippen molar-refractivity contribution in [2.45, 2.75) is 19.8 Å². The number of aromatic nitrogens is 2. The Hall–Kier alpha value is -1.16. The predicted octanol–water partition coefficient (Wildman–Crippen LogP) is 1.94. The van der Waals surface area contributed by atoms with E-state index in [1.165, 1.54) is 6.07 Å². The molecular weight excluding hydrogens is 184 g/mol. The quantitative estimate of drug-likeness (QED) is 0.794. The number of nitrogens with zero attached hydrogens (tertiary/aromatic N) is 1. The van der Waals surface area contributed by atoms with Crippen LogP contribution in [0.25, 0.3) is 10.3 Å². The lowest BCUT2D eigenvalue weighted by Crippen LogP contribution is -1.98. The van der Waals surface area contributed by atoms with Gasteiger partial charge in [0.15, 0.2) is 0 Å². The van der Waals surface area contributed by atoms with Gasteiger partial charge in [-0.1, -0.05) is 6.92 Å². The number of aryl methyl sites for hydroxylation is 1. The number of hydrogen-bond donors (Lipinski definition) is 1. The van der Waals surface area contributed by atoms with Crippen molar-refractivity contribution in [1.29, 1.82) is 0 Å². The lowest BCUT2D eigenvalue weighted by Gasteiger charge is -1.84. The van der Waals surface area contributed by atoms with E-state index in [1.54, 1.807) is 17.5 Å². The highest BCUT2D eigenvalue weighted by Crippen LogP contribution is 2.17. The maximum absolute atomic E-state index is 11.3. The summed E-state index contributed by atoms with van der Waals surface area (Å²) in [6.07, 6.45) is 3.68. The molecule has 0 aromatic carbocycles. The van der Waals surface area contributed by atoms with Gasteiger partial charge in [0.1, 0.15) is 10.3 Å². The topological polar surface area (TPSA) is 45.8 Å². The van der Waals surface area contributed by atoms with Crippen LogP contribution in [0.1, 0.15) is 18.4 Å². The van der Waals surface area contributed by atoms with E-state index in [2.05, 4.69) is 16.9 Å². The molecule has 2 aromatic rings. The summed E-state index contributed by atoms with van der Waals surface area (Å²) in [6.45, 7) is 2.11. The Kier molecular flexibility index (Phi) is 2.14. The monoisotopic (exact) mass is 194 g/mol. The van der Waals surface area contributed by atoms with Crippen molar-refractivity contribution in [1.82, 2.24) is 9.97 Å².